The van der Waals surface area contributed by atoms with Crippen LogP contribution >= 0.6 is 0 Å². The van der Waals surface area contributed by atoms with Gasteiger partial charge in [-0.1, -0.05) is 42.5 Å². The third-order valence-corrected chi connectivity index (χ3v) is 7.37. The quantitative estimate of drug-likeness (QED) is 0.314. The van der Waals surface area contributed by atoms with Crippen LogP contribution < -0.4 is 19.9 Å². The molecule has 1 aliphatic rings. The number of carbonyl (C=O) groups is 1. The van der Waals surface area contributed by atoms with Crippen LogP contribution in [0.5, 0.6) is 11.5 Å². The molecular weight excluding hydrogens is 508 g/mol. The van der Waals surface area contributed by atoms with E-state index in [0.717, 1.165) is 17.0 Å². The molecule has 1 aliphatic heterocycles. The Kier molecular flexibility index (Phi) is 6.81. The van der Waals surface area contributed by atoms with E-state index in [1.165, 1.54) is 30.7 Å². The predicted molar refractivity (Wildman–Crippen MR) is 153 cm³/mol. The lowest BCUT2D eigenvalue weighted by atomic mass is 10.2. The van der Waals surface area contributed by atoms with Gasteiger partial charge in [0.2, 0.25) is 11.9 Å². The summed E-state index contributed by atoms with van der Waals surface area (Å²) in [6.07, 6.45) is 1.41. The molecule has 5 aromatic rings. The van der Waals surface area contributed by atoms with E-state index in [0.29, 0.717) is 55.1 Å². The molecule has 6 rings (SSSR count). The number of hydrogen-bond acceptors (Lipinski definition) is 7. The normalized spacial score (nSPS) is 13.7. The van der Waals surface area contributed by atoms with Gasteiger partial charge in [0.1, 0.15) is 6.54 Å². The molecule has 0 atom stereocenters. The maximum Gasteiger partial charge on any atom is 0.261 e. The number of rotatable bonds is 7. The molecule has 2 aromatic heterocycles. The number of benzene rings is 3. The molecule has 1 saturated heterocycles. The number of anilines is 1. The molecule has 0 bridgehead atoms. The van der Waals surface area contributed by atoms with E-state index in [9.17, 15) is 9.59 Å². The summed E-state index contributed by atoms with van der Waals surface area (Å²) in [7, 11) is 3.04. The van der Waals surface area contributed by atoms with Crippen LogP contribution in [-0.4, -0.2) is 70.3 Å². The van der Waals surface area contributed by atoms with Crippen molar-refractivity contribution in [2.75, 3.05) is 45.3 Å². The molecule has 10 nitrogen and oxygen atoms in total. The summed E-state index contributed by atoms with van der Waals surface area (Å²) in [5.41, 5.74) is 3.42. The Morgan fingerprint density at radius 1 is 0.875 bits per heavy atom. The number of fused-ring (bicyclic) bond motifs is 2. The summed E-state index contributed by atoms with van der Waals surface area (Å²) in [5, 5.41) is 0.370. The first kappa shape index (κ1) is 25.4. The first-order valence-corrected chi connectivity index (χ1v) is 13.2. The molecule has 3 heterocycles. The summed E-state index contributed by atoms with van der Waals surface area (Å²) >= 11 is 0. The fourth-order valence-corrected chi connectivity index (χ4v) is 5.23. The zero-order valence-corrected chi connectivity index (χ0v) is 22.5. The van der Waals surface area contributed by atoms with E-state index in [4.69, 9.17) is 14.5 Å². The second-order valence-corrected chi connectivity index (χ2v) is 9.74. The molecule has 0 spiro atoms. The zero-order valence-electron chi connectivity index (χ0n) is 22.5. The van der Waals surface area contributed by atoms with E-state index in [1.54, 1.807) is 17.0 Å². The van der Waals surface area contributed by atoms with E-state index >= 15 is 0 Å². The van der Waals surface area contributed by atoms with Crippen molar-refractivity contribution in [3.05, 3.63) is 89.0 Å². The smallest absolute Gasteiger partial charge is 0.261 e. The molecule has 1 fully saturated rings. The minimum atomic E-state index is -0.299. The van der Waals surface area contributed by atoms with Gasteiger partial charge >= 0.3 is 0 Å². The lowest BCUT2D eigenvalue weighted by Crippen LogP contribution is -2.50. The highest BCUT2D eigenvalue weighted by atomic mass is 16.5. The van der Waals surface area contributed by atoms with E-state index in [2.05, 4.69) is 32.7 Å². The van der Waals surface area contributed by atoms with Crippen molar-refractivity contribution < 1.29 is 14.3 Å². The minimum absolute atomic E-state index is 0.0807. The molecule has 204 valence electrons. The monoisotopic (exact) mass is 538 g/mol. The van der Waals surface area contributed by atoms with Gasteiger partial charge in [0.05, 0.1) is 49.0 Å². The number of hydrogen-bond donors (Lipinski definition) is 0. The molecule has 0 aliphatic carbocycles. The van der Waals surface area contributed by atoms with Gasteiger partial charge in [-0.2, -0.15) is 0 Å². The highest BCUT2D eigenvalue weighted by Crippen LogP contribution is 2.30. The Morgan fingerprint density at radius 2 is 1.57 bits per heavy atom. The maximum atomic E-state index is 13.2. The SMILES string of the molecule is COc1cc2ncn(CC(=O)N3CCN(c4nc5ccccc5n4Cc4ccccc4)CC3)c(=O)c2cc1OC. The van der Waals surface area contributed by atoms with Crippen molar-refractivity contribution >= 4 is 33.8 Å². The van der Waals surface area contributed by atoms with Crippen LogP contribution in [-0.2, 0) is 17.9 Å². The predicted octanol–water partition coefficient (Wildman–Crippen LogP) is 3.16. The van der Waals surface area contributed by atoms with Crippen molar-refractivity contribution in [3.8, 4) is 11.5 Å². The minimum Gasteiger partial charge on any atom is -0.493 e. The molecule has 0 unspecified atom stereocenters. The van der Waals surface area contributed by atoms with Gasteiger partial charge in [-0.3, -0.25) is 14.2 Å². The molecule has 0 radical (unpaired) electrons. The third-order valence-electron chi connectivity index (χ3n) is 7.37. The Morgan fingerprint density at radius 3 is 2.33 bits per heavy atom. The number of amides is 1. The zero-order chi connectivity index (χ0) is 27.6. The van der Waals surface area contributed by atoms with Gasteiger partial charge in [0.15, 0.2) is 11.5 Å². The van der Waals surface area contributed by atoms with Gasteiger partial charge in [0.25, 0.3) is 5.56 Å². The second-order valence-electron chi connectivity index (χ2n) is 9.74. The molecule has 10 heteroatoms. The number of aromatic nitrogens is 4. The van der Waals surface area contributed by atoms with Crippen molar-refractivity contribution in [3.63, 3.8) is 0 Å². The van der Waals surface area contributed by atoms with Crippen LogP contribution in [0.3, 0.4) is 0 Å². The van der Waals surface area contributed by atoms with E-state index < -0.39 is 0 Å². The van der Waals surface area contributed by atoms with Crippen LogP contribution in [0, 0.1) is 0 Å². The number of carbonyl (C=O) groups excluding carboxylic acids is 1. The second kappa shape index (κ2) is 10.7. The van der Waals surface area contributed by atoms with Crippen molar-refractivity contribution in [2.45, 2.75) is 13.1 Å². The average molecular weight is 539 g/mol. The summed E-state index contributed by atoms with van der Waals surface area (Å²) in [5.74, 6) is 1.70. The number of imidazole rings is 1. The molecule has 3 aromatic carbocycles. The van der Waals surface area contributed by atoms with Crippen molar-refractivity contribution in [1.82, 2.24) is 24.0 Å². The lowest BCUT2D eigenvalue weighted by Gasteiger charge is -2.35. The Bertz CT molecular complexity index is 1740. The summed E-state index contributed by atoms with van der Waals surface area (Å²) < 4.78 is 14.2. The first-order valence-electron chi connectivity index (χ1n) is 13.2. The standard InChI is InChI=1S/C30H30N6O4/c1-39-26-16-22-24(17-27(26)40-2)31-20-35(29(22)38)19-28(37)33-12-14-34(15-13-33)30-32-23-10-6-7-11-25(23)36(30)18-21-8-4-3-5-9-21/h3-11,16-17,20H,12-15,18-19H2,1-2H3. The van der Waals surface area contributed by atoms with E-state index in [-0.39, 0.29) is 18.0 Å². The van der Waals surface area contributed by atoms with Crippen molar-refractivity contribution in [2.24, 2.45) is 0 Å². The Labute approximate surface area is 231 Å². The summed E-state index contributed by atoms with van der Waals surface area (Å²) in [4.78, 5) is 39.7. The summed E-state index contributed by atoms with van der Waals surface area (Å²) in [6, 6.07) is 21.7. The molecule has 0 saturated carbocycles. The number of para-hydroxylation sites is 2. The molecular formula is C30H30N6O4. The van der Waals surface area contributed by atoms with Crippen molar-refractivity contribution in [1.29, 1.82) is 0 Å². The van der Waals surface area contributed by atoms with Gasteiger partial charge in [-0.25, -0.2) is 9.97 Å². The number of piperazine rings is 1. The molecule has 1 amide bonds. The van der Waals surface area contributed by atoms with Gasteiger partial charge < -0.3 is 23.8 Å². The Hall–Kier alpha value is -4.86. The van der Waals surface area contributed by atoms with Crippen LogP contribution in [0.15, 0.2) is 77.9 Å². The largest absolute Gasteiger partial charge is 0.493 e. The van der Waals surface area contributed by atoms with Crippen LogP contribution in [0.1, 0.15) is 5.56 Å². The fourth-order valence-electron chi connectivity index (χ4n) is 5.23. The third kappa shape index (κ3) is 4.72. The van der Waals surface area contributed by atoms with E-state index in [1.807, 2.05) is 36.4 Å². The van der Waals surface area contributed by atoms with Gasteiger partial charge in [-0.15, -0.1) is 0 Å². The number of nitrogens with zero attached hydrogens (tertiary/aromatic N) is 6. The van der Waals surface area contributed by atoms with Crippen LogP contribution in [0.4, 0.5) is 5.95 Å². The first-order chi connectivity index (χ1) is 19.6. The highest BCUT2D eigenvalue weighted by molar-refractivity contribution is 5.83. The number of ether oxygens (including phenoxy) is 2. The summed E-state index contributed by atoms with van der Waals surface area (Å²) in [6.45, 7) is 2.99. The average Bonchev–Trinajstić information content (AvgIpc) is 3.36. The maximum absolute atomic E-state index is 13.2. The number of methoxy groups -OCH3 is 2. The molecule has 40 heavy (non-hydrogen) atoms. The van der Waals surface area contributed by atoms with Crippen LogP contribution in [0.25, 0.3) is 21.9 Å². The fraction of sp³-hybridized carbons (Fsp3) is 0.267. The lowest BCUT2D eigenvalue weighted by molar-refractivity contribution is -0.132. The topological polar surface area (TPSA) is 94.7 Å². The van der Waals surface area contributed by atoms with Gasteiger partial charge in [0, 0.05) is 32.2 Å². The van der Waals surface area contributed by atoms with Gasteiger partial charge in [-0.05, 0) is 23.8 Å². The van der Waals surface area contributed by atoms with Crippen LogP contribution in [0.2, 0.25) is 0 Å². The molecule has 0 N–H and O–H groups in total. The Balaban J connectivity index is 1.18. The highest BCUT2D eigenvalue weighted by Gasteiger charge is 2.25.